The van der Waals surface area contributed by atoms with Crippen LogP contribution in [-0.4, -0.2) is 56.0 Å². The average Bonchev–Trinajstić information content (AvgIpc) is 2.75. The molecule has 8 heteroatoms. The van der Waals surface area contributed by atoms with Crippen LogP contribution in [0.3, 0.4) is 0 Å². The zero-order chi connectivity index (χ0) is 20.2. The second-order valence-corrected chi connectivity index (χ2v) is 8.19. The number of fused-ring (bicyclic) bond motifs is 1. The Morgan fingerprint density at radius 2 is 2.00 bits per heavy atom. The maximum atomic E-state index is 12.3. The fraction of sp³-hybridized carbons (Fsp3) is 0.333. The van der Waals surface area contributed by atoms with E-state index in [4.69, 9.17) is 15.6 Å². The van der Waals surface area contributed by atoms with E-state index in [0.717, 1.165) is 60.0 Å². The lowest BCUT2D eigenvalue weighted by atomic mass is 9.93. The molecular formula is C21H25BrN5O2+. The smallest absolute Gasteiger partial charge is 0.253 e. The molecule has 1 fully saturated rings. The Morgan fingerprint density at radius 3 is 2.72 bits per heavy atom. The van der Waals surface area contributed by atoms with Gasteiger partial charge in [-0.3, -0.25) is 10.2 Å². The number of nitrogens with two attached hydrogens (primary N) is 1. The fourth-order valence-electron chi connectivity index (χ4n) is 3.95. The molecule has 152 valence electrons. The standard InChI is InChI=1S/C21H24BrN5O2/c22-16-6-7-18-17(12-16)21(15-4-2-1-3-5-15)27(14-20(28)25-23)19(24-18)13-26-8-10-29-11-9-26/h1-7,12,21H,8-11,13-14,23H2,(H,25,28)/p+1. The van der Waals surface area contributed by atoms with E-state index in [2.05, 4.69) is 44.5 Å². The lowest BCUT2D eigenvalue weighted by Crippen LogP contribution is -3.15. The SMILES string of the molecule is NNC(=O)CN1C(C[NH+]2CCOCC2)=Nc2ccc(Br)cc2C1c1ccccc1. The van der Waals surface area contributed by atoms with E-state index < -0.39 is 0 Å². The van der Waals surface area contributed by atoms with Crippen molar-refractivity contribution in [1.82, 2.24) is 10.3 Å². The van der Waals surface area contributed by atoms with Gasteiger partial charge in [0.15, 0.2) is 5.84 Å². The largest absolute Gasteiger partial charge is 0.370 e. The van der Waals surface area contributed by atoms with Crippen molar-refractivity contribution in [3.05, 3.63) is 64.1 Å². The van der Waals surface area contributed by atoms with Crippen molar-refractivity contribution < 1.29 is 14.4 Å². The molecule has 0 aliphatic carbocycles. The van der Waals surface area contributed by atoms with Gasteiger partial charge in [0.25, 0.3) is 5.91 Å². The van der Waals surface area contributed by atoms with Crippen molar-refractivity contribution in [3.63, 3.8) is 0 Å². The van der Waals surface area contributed by atoms with Crippen molar-refractivity contribution in [2.75, 3.05) is 39.4 Å². The number of nitrogens with one attached hydrogen (secondary N) is 2. The minimum atomic E-state index is -0.242. The predicted molar refractivity (Wildman–Crippen MR) is 115 cm³/mol. The molecule has 29 heavy (non-hydrogen) atoms. The van der Waals surface area contributed by atoms with Crippen LogP contribution in [0.1, 0.15) is 17.2 Å². The van der Waals surface area contributed by atoms with Crippen LogP contribution in [0.25, 0.3) is 0 Å². The first kappa shape index (κ1) is 20.0. The Bertz CT molecular complexity index is 899. The Balaban J connectivity index is 1.78. The van der Waals surface area contributed by atoms with E-state index in [0.29, 0.717) is 0 Å². The van der Waals surface area contributed by atoms with Gasteiger partial charge < -0.3 is 14.5 Å². The Morgan fingerprint density at radius 1 is 1.24 bits per heavy atom. The summed E-state index contributed by atoms with van der Waals surface area (Å²) in [4.78, 5) is 20.8. The third-order valence-electron chi connectivity index (χ3n) is 5.38. The summed E-state index contributed by atoms with van der Waals surface area (Å²) in [5, 5.41) is 0. The van der Waals surface area contributed by atoms with E-state index in [-0.39, 0.29) is 18.5 Å². The minimum absolute atomic E-state index is 0.117. The maximum Gasteiger partial charge on any atom is 0.253 e. The highest BCUT2D eigenvalue weighted by atomic mass is 79.9. The van der Waals surface area contributed by atoms with Crippen molar-refractivity contribution in [3.8, 4) is 0 Å². The van der Waals surface area contributed by atoms with Gasteiger partial charge in [0.1, 0.15) is 26.2 Å². The van der Waals surface area contributed by atoms with Gasteiger partial charge in [-0.2, -0.15) is 0 Å². The van der Waals surface area contributed by atoms with Gasteiger partial charge in [-0.1, -0.05) is 46.3 Å². The van der Waals surface area contributed by atoms with E-state index >= 15 is 0 Å². The van der Waals surface area contributed by atoms with E-state index in [9.17, 15) is 4.79 Å². The second-order valence-electron chi connectivity index (χ2n) is 7.28. The summed E-state index contributed by atoms with van der Waals surface area (Å²) in [7, 11) is 0. The van der Waals surface area contributed by atoms with E-state index in [1.54, 1.807) is 0 Å². The molecule has 1 unspecified atom stereocenters. The average molecular weight is 459 g/mol. The van der Waals surface area contributed by atoms with Crippen LogP contribution in [0, 0.1) is 0 Å². The normalized spacial score (nSPS) is 19.4. The van der Waals surface area contributed by atoms with Crippen molar-refractivity contribution in [1.29, 1.82) is 0 Å². The van der Waals surface area contributed by atoms with Crippen LogP contribution >= 0.6 is 15.9 Å². The van der Waals surface area contributed by atoms with E-state index in [1.807, 2.05) is 30.3 Å². The van der Waals surface area contributed by atoms with Gasteiger partial charge in [0, 0.05) is 10.0 Å². The molecule has 0 saturated carbocycles. The maximum absolute atomic E-state index is 12.3. The molecule has 2 heterocycles. The molecule has 0 radical (unpaired) electrons. The number of morpholine rings is 1. The Kier molecular flexibility index (Phi) is 6.25. The van der Waals surface area contributed by atoms with Crippen LogP contribution < -0.4 is 16.2 Å². The lowest BCUT2D eigenvalue weighted by molar-refractivity contribution is -0.899. The van der Waals surface area contributed by atoms with Crippen molar-refractivity contribution in [2.45, 2.75) is 6.04 Å². The van der Waals surface area contributed by atoms with Gasteiger partial charge in [-0.25, -0.2) is 10.8 Å². The van der Waals surface area contributed by atoms with Gasteiger partial charge in [-0.05, 0) is 23.8 Å². The summed E-state index contributed by atoms with van der Waals surface area (Å²) in [6.45, 7) is 4.23. The molecule has 1 amide bonds. The molecule has 1 saturated heterocycles. The number of ether oxygens (including phenoxy) is 1. The number of quaternary nitrogens is 1. The molecule has 4 N–H and O–H groups in total. The highest BCUT2D eigenvalue weighted by Gasteiger charge is 2.34. The molecule has 0 aromatic heterocycles. The number of carbonyl (C=O) groups excluding carboxylic acids is 1. The third kappa shape index (κ3) is 4.51. The molecule has 0 spiro atoms. The second kappa shape index (κ2) is 9.04. The summed E-state index contributed by atoms with van der Waals surface area (Å²) in [5.41, 5.74) is 5.39. The van der Waals surface area contributed by atoms with Gasteiger partial charge >= 0.3 is 0 Å². The summed E-state index contributed by atoms with van der Waals surface area (Å²) >= 11 is 3.59. The molecule has 2 aromatic rings. The number of aliphatic imine (C=N–C) groups is 1. The van der Waals surface area contributed by atoms with Crippen molar-refractivity contribution >= 4 is 33.4 Å². The number of rotatable bonds is 5. The quantitative estimate of drug-likeness (QED) is 0.351. The number of benzene rings is 2. The highest BCUT2D eigenvalue weighted by molar-refractivity contribution is 9.10. The highest BCUT2D eigenvalue weighted by Crippen LogP contribution is 2.40. The number of hydrogen-bond donors (Lipinski definition) is 3. The number of hydrogen-bond acceptors (Lipinski definition) is 5. The third-order valence-corrected chi connectivity index (χ3v) is 5.87. The molecule has 2 aliphatic heterocycles. The van der Waals surface area contributed by atoms with Gasteiger partial charge in [0.05, 0.1) is 24.9 Å². The molecule has 7 nitrogen and oxygen atoms in total. The van der Waals surface area contributed by atoms with Crippen LogP contribution in [0.5, 0.6) is 0 Å². The number of amides is 1. The zero-order valence-electron chi connectivity index (χ0n) is 16.1. The van der Waals surface area contributed by atoms with Crippen LogP contribution in [-0.2, 0) is 9.53 Å². The fourth-order valence-corrected chi connectivity index (χ4v) is 4.32. The molecule has 4 rings (SSSR count). The summed E-state index contributed by atoms with van der Waals surface area (Å²) < 4.78 is 6.48. The summed E-state index contributed by atoms with van der Waals surface area (Å²) in [6, 6.07) is 16.2. The van der Waals surface area contributed by atoms with Gasteiger partial charge in [0.2, 0.25) is 0 Å². The lowest BCUT2D eigenvalue weighted by Gasteiger charge is -2.39. The Labute approximate surface area is 178 Å². The molecule has 0 bridgehead atoms. The number of carbonyl (C=O) groups is 1. The molecular weight excluding hydrogens is 434 g/mol. The number of halogens is 1. The number of amidine groups is 1. The predicted octanol–water partition coefficient (Wildman–Crippen LogP) is 0.789. The molecule has 2 aromatic carbocycles. The van der Waals surface area contributed by atoms with E-state index in [1.165, 1.54) is 4.90 Å². The van der Waals surface area contributed by atoms with Crippen LogP contribution in [0.4, 0.5) is 5.69 Å². The minimum Gasteiger partial charge on any atom is -0.370 e. The number of nitrogens with zero attached hydrogens (tertiary/aromatic N) is 2. The van der Waals surface area contributed by atoms with Crippen LogP contribution in [0.2, 0.25) is 0 Å². The first-order chi connectivity index (χ1) is 14.2. The monoisotopic (exact) mass is 458 g/mol. The molecule has 1 atom stereocenters. The van der Waals surface area contributed by atoms with Crippen LogP contribution in [0.15, 0.2) is 58.0 Å². The number of hydrazine groups is 1. The summed E-state index contributed by atoms with van der Waals surface area (Å²) in [5.74, 6) is 6.08. The first-order valence-corrected chi connectivity index (χ1v) is 10.5. The first-order valence-electron chi connectivity index (χ1n) is 9.75. The Hall–Kier alpha value is -2.26. The zero-order valence-corrected chi connectivity index (χ0v) is 17.7. The topological polar surface area (TPSA) is 84.4 Å². The van der Waals surface area contributed by atoms with Gasteiger partial charge in [-0.15, -0.1) is 0 Å². The summed E-state index contributed by atoms with van der Waals surface area (Å²) in [6.07, 6.45) is 0. The molecule has 2 aliphatic rings. The van der Waals surface area contributed by atoms with Crippen molar-refractivity contribution in [2.24, 2.45) is 10.8 Å².